The number of aryl methyl sites for hydroxylation is 1. The largest absolute Gasteiger partial charge is 0.491 e. The van der Waals surface area contributed by atoms with Crippen LogP contribution in [0.2, 0.25) is 0 Å². The van der Waals surface area contributed by atoms with Crippen molar-refractivity contribution in [1.29, 1.82) is 0 Å². The van der Waals surface area contributed by atoms with Crippen LogP contribution in [0.25, 0.3) is 11.0 Å². The van der Waals surface area contributed by atoms with Gasteiger partial charge in [-0.25, -0.2) is 9.97 Å². The van der Waals surface area contributed by atoms with Gasteiger partial charge >= 0.3 is 0 Å². The van der Waals surface area contributed by atoms with Crippen molar-refractivity contribution in [2.24, 2.45) is 7.05 Å². The Morgan fingerprint density at radius 3 is 3.21 bits per heavy atom. The molecule has 2 aromatic heterocycles. The fraction of sp³-hybridized carbons (Fsp3) is 0.353. The number of nitrogens with zero attached hydrogens (tertiary/aromatic N) is 4. The highest BCUT2D eigenvalue weighted by Crippen LogP contribution is 2.25. The fourth-order valence-corrected chi connectivity index (χ4v) is 2.83. The summed E-state index contributed by atoms with van der Waals surface area (Å²) < 4.78 is 13.2. The first kappa shape index (κ1) is 14.9. The normalized spacial score (nSPS) is 17.3. The Kier molecular flexibility index (Phi) is 4.00. The van der Waals surface area contributed by atoms with Crippen LogP contribution in [0, 0.1) is 0 Å². The standard InChI is InChI=1S/C17H19N5O2/c1-22-17-15(9-20-22)16(18-11-19-17)21-12-4-2-5-13(8-12)24-10-14-6-3-7-23-14/h2,4-5,8-9,11,14H,3,6-7,10H2,1H3,(H,18,19,21)/t14-/m1/s1. The van der Waals surface area contributed by atoms with Gasteiger partial charge < -0.3 is 14.8 Å². The van der Waals surface area contributed by atoms with Crippen LogP contribution < -0.4 is 10.1 Å². The second kappa shape index (κ2) is 6.45. The van der Waals surface area contributed by atoms with Gasteiger partial charge in [0.25, 0.3) is 0 Å². The maximum absolute atomic E-state index is 5.85. The Hall–Kier alpha value is -2.67. The van der Waals surface area contributed by atoms with Crippen molar-refractivity contribution in [2.45, 2.75) is 18.9 Å². The molecule has 0 unspecified atom stereocenters. The van der Waals surface area contributed by atoms with Crippen molar-refractivity contribution >= 4 is 22.5 Å². The third-order valence-corrected chi connectivity index (χ3v) is 4.09. The number of rotatable bonds is 5. The minimum Gasteiger partial charge on any atom is -0.491 e. The minimum atomic E-state index is 0.207. The van der Waals surface area contributed by atoms with Crippen LogP contribution in [0.4, 0.5) is 11.5 Å². The van der Waals surface area contributed by atoms with E-state index in [2.05, 4.69) is 20.4 Å². The van der Waals surface area contributed by atoms with E-state index in [9.17, 15) is 0 Å². The molecule has 24 heavy (non-hydrogen) atoms. The van der Waals surface area contributed by atoms with E-state index in [1.807, 2.05) is 31.3 Å². The molecule has 4 rings (SSSR count). The lowest BCUT2D eigenvalue weighted by atomic mass is 10.2. The summed E-state index contributed by atoms with van der Waals surface area (Å²) in [5.74, 6) is 1.54. The molecule has 124 valence electrons. The zero-order chi connectivity index (χ0) is 16.4. The van der Waals surface area contributed by atoms with E-state index in [-0.39, 0.29) is 6.10 Å². The van der Waals surface area contributed by atoms with Crippen molar-refractivity contribution < 1.29 is 9.47 Å². The van der Waals surface area contributed by atoms with Crippen LogP contribution >= 0.6 is 0 Å². The molecule has 0 radical (unpaired) electrons. The Bertz CT molecular complexity index is 842. The molecule has 0 bridgehead atoms. The molecule has 1 aliphatic rings. The molecule has 0 saturated carbocycles. The molecule has 1 aliphatic heterocycles. The maximum Gasteiger partial charge on any atom is 0.163 e. The lowest BCUT2D eigenvalue weighted by Crippen LogP contribution is -2.16. The highest BCUT2D eigenvalue weighted by Gasteiger charge is 2.16. The number of hydrogen-bond acceptors (Lipinski definition) is 6. The number of benzene rings is 1. The summed E-state index contributed by atoms with van der Waals surface area (Å²) in [6, 6.07) is 7.83. The molecular weight excluding hydrogens is 306 g/mol. The molecule has 1 aromatic carbocycles. The summed E-state index contributed by atoms with van der Waals surface area (Å²) in [5.41, 5.74) is 1.70. The fourth-order valence-electron chi connectivity index (χ4n) is 2.83. The van der Waals surface area contributed by atoms with Gasteiger partial charge in [-0.2, -0.15) is 5.10 Å². The van der Waals surface area contributed by atoms with Crippen LogP contribution in [0.3, 0.4) is 0 Å². The second-order valence-corrected chi connectivity index (χ2v) is 5.83. The van der Waals surface area contributed by atoms with E-state index in [1.54, 1.807) is 10.9 Å². The van der Waals surface area contributed by atoms with E-state index < -0.39 is 0 Å². The maximum atomic E-state index is 5.85. The molecule has 3 aromatic rings. The molecule has 0 aliphatic carbocycles. The predicted octanol–water partition coefficient (Wildman–Crippen LogP) is 2.66. The molecule has 3 heterocycles. The van der Waals surface area contributed by atoms with Gasteiger partial charge in [0.1, 0.15) is 24.5 Å². The molecule has 7 heteroatoms. The summed E-state index contributed by atoms with van der Waals surface area (Å²) in [6.45, 7) is 1.42. The first-order chi connectivity index (χ1) is 11.8. The van der Waals surface area contributed by atoms with E-state index >= 15 is 0 Å². The van der Waals surface area contributed by atoms with E-state index in [0.29, 0.717) is 6.61 Å². The van der Waals surface area contributed by atoms with Crippen LogP contribution in [-0.4, -0.2) is 39.1 Å². The van der Waals surface area contributed by atoms with Crippen molar-refractivity contribution in [3.63, 3.8) is 0 Å². The first-order valence-electron chi connectivity index (χ1n) is 8.04. The summed E-state index contributed by atoms with van der Waals surface area (Å²) in [7, 11) is 1.86. The topological polar surface area (TPSA) is 74.1 Å². The van der Waals surface area contributed by atoms with Gasteiger partial charge in [-0.15, -0.1) is 0 Å². The van der Waals surface area contributed by atoms with Crippen molar-refractivity contribution in [1.82, 2.24) is 19.7 Å². The third-order valence-electron chi connectivity index (χ3n) is 4.09. The van der Waals surface area contributed by atoms with Crippen LogP contribution in [0.5, 0.6) is 5.75 Å². The number of fused-ring (bicyclic) bond motifs is 1. The molecule has 1 fully saturated rings. The SMILES string of the molecule is Cn1ncc2c(Nc3cccc(OC[C@H]4CCCO4)c3)ncnc21. The number of nitrogens with one attached hydrogen (secondary N) is 1. The van der Waals surface area contributed by atoms with Gasteiger partial charge in [-0.1, -0.05) is 6.07 Å². The van der Waals surface area contributed by atoms with Crippen LogP contribution in [-0.2, 0) is 11.8 Å². The predicted molar refractivity (Wildman–Crippen MR) is 90.5 cm³/mol. The first-order valence-corrected chi connectivity index (χ1v) is 8.04. The average Bonchev–Trinajstić information content (AvgIpc) is 3.24. The van der Waals surface area contributed by atoms with Gasteiger partial charge in [0, 0.05) is 25.4 Å². The summed E-state index contributed by atoms with van der Waals surface area (Å²) in [4.78, 5) is 8.56. The third kappa shape index (κ3) is 3.03. The van der Waals surface area contributed by atoms with E-state index in [4.69, 9.17) is 9.47 Å². The highest BCUT2D eigenvalue weighted by molar-refractivity contribution is 5.88. The highest BCUT2D eigenvalue weighted by atomic mass is 16.5. The molecule has 0 spiro atoms. The number of anilines is 2. The Labute approximate surface area is 139 Å². The Morgan fingerprint density at radius 2 is 2.33 bits per heavy atom. The molecule has 1 N–H and O–H groups in total. The minimum absolute atomic E-state index is 0.207. The molecule has 7 nitrogen and oxygen atoms in total. The van der Waals surface area contributed by atoms with E-state index in [1.165, 1.54) is 6.33 Å². The van der Waals surface area contributed by atoms with Gasteiger partial charge in [-0.3, -0.25) is 4.68 Å². The summed E-state index contributed by atoms with van der Waals surface area (Å²) >= 11 is 0. The van der Waals surface area contributed by atoms with Gasteiger partial charge in [0.2, 0.25) is 0 Å². The quantitative estimate of drug-likeness (QED) is 0.777. The summed E-state index contributed by atoms with van der Waals surface area (Å²) in [5, 5.41) is 8.42. The van der Waals surface area contributed by atoms with Crippen molar-refractivity contribution in [2.75, 3.05) is 18.5 Å². The Balaban J connectivity index is 1.50. The molecule has 0 amide bonds. The monoisotopic (exact) mass is 325 g/mol. The van der Waals surface area contributed by atoms with Crippen molar-refractivity contribution in [3.05, 3.63) is 36.8 Å². The molecule has 1 saturated heterocycles. The van der Waals surface area contributed by atoms with Crippen molar-refractivity contribution in [3.8, 4) is 5.75 Å². The van der Waals surface area contributed by atoms with Crippen LogP contribution in [0.1, 0.15) is 12.8 Å². The van der Waals surface area contributed by atoms with Crippen LogP contribution in [0.15, 0.2) is 36.8 Å². The molecule has 1 atom stereocenters. The number of ether oxygens (including phenoxy) is 2. The van der Waals surface area contributed by atoms with Gasteiger partial charge in [0.05, 0.1) is 17.7 Å². The van der Waals surface area contributed by atoms with E-state index in [0.717, 1.165) is 47.7 Å². The zero-order valence-corrected chi connectivity index (χ0v) is 13.5. The lowest BCUT2D eigenvalue weighted by Gasteiger charge is -2.13. The molecular formula is C17H19N5O2. The van der Waals surface area contributed by atoms with Gasteiger partial charge in [-0.05, 0) is 25.0 Å². The zero-order valence-electron chi connectivity index (χ0n) is 13.5. The number of aromatic nitrogens is 4. The summed E-state index contributed by atoms with van der Waals surface area (Å²) in [6.07, 6.45) is 5.68. The van der Waals surface area contributed by atoms with Gasteiger partial charge in [0.15, 0.2) is 5.65 Å². The average molecular weight is 325 g/mol. The number of hydrogen-bond donors (Lipinski definition) is 1. The lowest BCUT2D eigenvalue weighted by molar-refractivity contribution is 0.0680. The second-order valence-electron chi connectivity index (χ2n) is 5.83. The Morgan fingerprint density at radius 1 is 1.38 bits per heavy atom. The smallest absolute Gasteiger partial charge is 0.163 e.